The molecule has 1 aliphatic heterocycles. The van der Waals surface area contributed by atoms with E-state index in [0.29, 0.717) is 0 Å². The number of ether oxygens (including phenoxy) is 2. The fraction of sp³-hybridized carbons (Fsp3) is 0.250. The van der Waals surface area contributed by atoms with E-state index in [0.717, 1.165) is 22.6 Å². The highest BCUT2D eigenvalue weighted by atomic mass is 16.7. The number of hydrogen-bond acceptors (Lipinski definition) is 3. The molecule has 0 spiro atoms. The number of fused-ring (bicyclic) bond motifs is 1. The second-order valence-corrected chi connectivity index (χ2v) is 5.97. The summed E-state index contributed by atoms with van der Waals surface area (Å²) in [5, 5.41) is 2.97. The third kappa shape index (κ3) is 3.43. The zero-order valence-corrected chi connectivity index (χ0v) is 14.1. The van der Waals surface area contributed by atoms with Gasteiger partial charge in [0.25, 0.3) is 0 Å². The highest BCUT2D eigenvalue weighted by Gasteiger charge is 2.16. The molecule has 1 heterocycles. The van der Waals surface area contributed by atoms with Gasteiger partial charge < -0.3 is 14.8 Å². The number of carbonyl (C=O) groups excluding carboxylic acids is 1. The summed E-state index contributed by atoms with van der Waals surface area (Å²) in [6, 6.07) is 11.7. The Labute approximate surface area is 142 Å². The van der Waals surface area contributed by atoms with Gasteiger partial charge in [0, 0.05) is 6.08 Å². The third-order valence-electron chi connectivity index (χ3n) is 4.32. The minimum absolute atomic E-state index is 0.116. The highest BCUT2D eigenvalue weighted by molar-refractivity contribution is 5.92. The summed E-state index contributed by atoms with van der Waals surface area (Å²) in [5.74, 6) is 1.34. The fourth-order valence-electron chi connectivity index (χ4n) is 2.65. The van der Waals surface area contributed by atoms with Gasteiger partial charge in [0.05, 0.1) is 6.04 Å². The number of rotatable bonds is 4. The van der Waals surface area contributed by atoms with Crippen molar-refractivity contribution in [3.8, 4) is 11.5 Å². The molecule has 1 atom stereocenters. The highest BCUT2D eigenvalue weighted by Crippen LogP contribution is 2.34. The first-order valence-corrected chi connectivity index (χ1v) is 7.99. The predicted octanol–water partition coefficient (Wildman–Crippen LogP) is 3.92. The summed E-state index contributed by atoms with van der Waals surface area (Å²) in [4.78, 5) is 12.2. The van der Waals surface area contributed by atoms with E-state index in [9.17, 15) is 4.79 Å². The van der Waals surface area contributed by atoms with Gasteiger partial charge in [0.1, 0.15) is 0 Å². The summed E-state index contributed by atoms with van der Waals surface area (Å²) >= 11 is 0. The van der Waals surface area contributed by atoms with E-state index in [1.807, 2.05) is 43.3 Å². The van der Waals surface area contributed by atoms with Crippen molar-refractivity contribution in [2.75, 3.05) is 6.79 Å². The van der Waals surface area contributed by atoms with Crippen molar-refractivity contribution in [2.45, 2.75) is 26.8 Å². The molecule has 0 aromatic heterocycles. The maximum absolute atomic E-state index is 12.2. The van der Waals surface area contributed by atoms with Crippen LogP contribution < -0.4 is 14.8 Å². The molecular formula is C20H21NO3. The molecule has 0 saturated heterocycles. The summed E-state index contributed by atoms with van der Waals surface area (Å²) < 4.78 is 10.7. The van der Waals surface area contributed by atoms with Gasteiger partial charge >= 0.3 is 0 Å². The van der Waals surface area contributed by atoms with E-state index in [1.54, 1.807) is 6.08 Å². The molecule has 1 N–H and O–H groups in total. The molecule has 2 aromatic carbocycles. The molecule has 1 aliphatic rings. The van der Waals surface area contributed by atoms with Crippen LogP contribution in [0.4, 0.5) is 0 Å². The van der Waals surface area contributed by atoms with Gasteiger partial charge in [-0.15, -0.1) is 0 Å². The lowest BCUT2D eigenvalue weighted by molar-refractivity contribution is -0.117. The van der Waals surface area contributed by atoms with E-state index in [4.69, 9.17) is 9.47 Å². The standard InChI is InChI=1S/C20H21NO3/c1-13-5-4-6-16(14(13)2)8-10-20(22)21-15(3)17-7-9-18-19(11-17)24-12-23-18/h4-11,15H,12H2,1-3H3,(H,21,22)/b10-8+. The van der Waals surface area contributed by atoms with Gasteiger partial charge in [-0.3, -0.25) is 4.79 Å². The van der Waals surface area contributed by atoms with Crippen molar-refractivity contribution in [3.63, 3.8) is 0 Å². The van der Waals surface area contributed by atoms with Gasteiger partial charge in [-0.05, 0) is 61.2 Å². The lowest BCUT2D eigenvalue weighted by atomic mass is 10.0. The molecule has 24 heavy (non-hydrogen) atoms. The average Bonchev–Trinajstić information content (AvgIpc) is 3.03. The molecule has 4 nitrogen and oxygen atoms in total. The Morgan fingerprint density at radius 3 is 2.79 bits per heavy atom. The van der Waals surface area contributed by atoms with Gasteiger partial charge in [0.15, 0.2) is 11.5 Å². The zero-order chi connectivity index (χ0) is 17.1. The molecule has 0 saturated carbocycles. The Kier molecular flexibility index (Phi) is 4.56. The topological polar surface area (TPSA) is 47.6 Å². The minimum atomic E-state index is -0.124. The maximum Gasteiger partial charge on any atom is 0.244 e. The molecule has 124 valence electrons. The lowest BCUT2D eigenvalue weighted by Crippen LogP contribution is -2.24. The van der Waals surface area contributed by atoms with Crippen LogP contribution in [0.2, 0.25) is 0 Å². The van der Waals surface area contributed by atoms with Crippen LogP contribution in [0, 0.1) is 13.8 Å². The van der Waals surface area contributed by atoms with Crippen LogP contribution in [0.5, 0.6) is 11.5 Å². The quantitative estimate of drug-likeness (QED) is 0.868. The van der Waals surface area contributed by atoms with E-state index in [-0.39, 0.29) is 18.7 Å². The van der Waals surface area contributed by atoms with Crippen molar-refractivity contribution in [1.82, 2.24) is 5.32 Å². The third-order valence-corrected chi connectivity index (χ3v) is 4.32. The predicted molar refractivity (Wildman–Crippen MR) is 94.1 cm³/mol. The lowest BCUT2D eigenvalue weighted by Gasteiger charge is -2.13. The number of nitrogens with one attached hydrogen (secondary N) is 1. The van der Waals surface area contributed by atoms with Crippen molar-refractivity contribution < 1.29 is 14.3 Å². The van der Waals surface area contributed by atoms with Crippen molar-refractivity contribution in [3.05, 3.63) is 64.7 Å². The number of hydrogen-bond donors (Lipinski definition) is 1. The zero-order valence-electron chi connectivity index (χ0n) is 14.1. The van der Waals surface area contributed by atoms with Crippen LogP contribution in [0.15, 0.2) is 42.5 Å². The summed E-state index contributed by atoms with van der Waals surface area (Å²) in [5.41, 5.74) is 4.44. The second-order valence-electron chi connectivity index (χ2n) is 5.97. The summed E-state index contributed by atoms with van der Waals surface area (Å²) in [7, 11) is 0. The van der Waals surface area contributed by atoms with Crippen molar-refractivity contribution in [1.29, 1.82) is 0 Å². The van der Waals surface area contributed by atoms with E-state index in [2.05, 4.69) is 25.2 Å². The van der Waals surface area contributed by atoms with E-state index in [1.165, 1.54) is 11.1 Å². The van der Waals surface area contributed by atoms with Gasteiger partial charge in [-0.2, -0.15) is 0 Å². The van der Waals surface area contributed by atoms with Crippen molar-refractivity contribution >= 4 is 12.0 Å². The first-order valence-electron chi connectivity index (χ1n) is 7.99. The molecule has 4 heteroatoms. The molecule has 0 radical (unpaired) electrons. The van der Waals surface area contributed by atoms with Gasteiger partial charge in [-0.25, -0.2) is 0 Å². The Balaban J connectivity index is 1.66. The fourth-order valence-corrected chi connectivity index (χ4v) is 2.65. The first kappa shape index (κ1) is 16.1. The molecular weight excluding hydrogens is 302 g/mol. The number of amides is 1. The molecule has 1 amide bonds. The Morgan fingerprint density at radius 2 is 1.96 bits per heavy atom. The molecule has 0 fully saturated rings. The number of aryl methyl sites for hydroxylation is 1. The van der Waals surface area contributed by atoms with Crippen LogP contribution in [-0.2, 0) is 4.79 Å². The van der Waals surface area contributed by atoms with E-state index >= 15 is 0 Å². The monoisotopic (exact) mass is 323 g/mol. The Hall–Kier alpha value is -2.75. The molecule has 0 bridgehead atoms. The summed E-state index contributed by atoms with van der Waals surface area (Å²) in [6.07, 6.45) is 3.43. The summed E-state index contributed by atoms with van der Waals surface area (Å²) in [6.45, 7) is 6.32. The smallest absolute Gasteiger partial charge is 0.244 e. The first-order chi connectivity index (χ1) is 11.5. The van der Waals surface area contributed by atoms with Crippen molar-refractivity contribution in [2.24, 2.45) is 0 Å². The number of benzene rings is 2. The van der Waals surface area contributed by atoms with Crippen LogP contribution in [0.1, 0.15) is 35.2 Å². The molecule has 2 aromatic rings. The van der Waals surface area contributed by atoms with Gasteiger partial charge in [-0.1, -0.05) is 24.3 Å². The SMILES string of the molecule is Cc1cccc(/C=C/C(=O)NC(C)c2ccc3c(c2)OCO3)c1C. The second kappa shape index (κ2) is 6.79. The minimum Gasteiger partial charge on any atom is -0.454 e. The van der Waals surface area contributed by atoms with Crippen LogP contribution in [0.3, 0.4) is 0 Å². The Bertz CT molecular complexity index is 795. The van der Waals surface area contributed by atoms with Crippen LogP contribution in [-0.4, -0.2) is 12.7 Å². The van der Waals surface area contributed by atoms with Crippen LogP contribution in [0.25, 0.3) is 6.08 Å². The van der Waals surface area contributed by atoms with Crippen LogP contribution >= 0.6 is 0 Å². The maximum atomic E-state index is 12.2. The molecule has 0 aliphatic carbocycles. The molecule has 1 unspecified atom stereocenters. The number of carbonyl (C=O) groups is 1. The average molecular weight is 323 g/mol. The van der Waals surface area contributed by atoms with Gasteiger partial charge in [0.2, 0.25) is 12.7 Å². The van der Waals surface area contributed by atoms with E-state index < -0.39 is 0 Å². The largest absolute Gasteiger partial charge is 0.454 e. The molecule has 3 rings (SSSR count). The normalized spacial score (nSPS) is 14.0. The Morgan fingerprint density at radius 1 is 1.17 bits per heavy atom.